The molecule has 1 aromatic heterocycles. The van der Waals surface area contributed by atoms with Gasteiger partial charge in [0.2, 0.25) is 0 Å². The van der Waals surface area contributed by atoms with Crippen LogP contribution in [0.5, 0.6) is 0 Å². The summed E-state index contributed by atoms with van der Waals surface area (Å²) in [5.41, 5.74) is 4.49. The summed E-state index contributed by atoms with van der Waals surface area (Å²) < 4.78 is 0. The van der Waals surface area contributed by atoms with Crippen LogP contribution in [0.3, 0.4) is 0 Å². The molecule has 37 heavy (non-hydrogen) atoms. The zero-order chi connectivity index (χ0) is 25.1. The lowest BCUT2D eigenvalue weighted by Crippen LogP contribution is -2.43. The van der Waals surface area contributed by atoms with Gasteiger partial charge in [-0.15, -0.1) is 0 Å². The minimum atomic E-state index is 0.199. The number of hydrogen-bond donors (Lipinski definition) is 0. The topological polar surface area (TPSA) is 23.6 Å². The number of carbonyl (C=O) groups is 1. The molecule has 3 aliphatic rings. The number of benzene rings is 3. The van der Waals surface area contributed by atoms with E-state index in [0.717, 1.165) is 42.4 Å². The van der Waals surface area contributed by atoms with Crippen molar-refractivity contribution in [3.63, 3.8) is 0 Å². The molecule has 0 unspecified atom stereocenters. The molecule has 0 bridgehead atoms. The van der Waals surface area contributed by atoms with Crippen molar-refractivity contribution in [2.75, 3.05) is 32.7 Å². The van der Waals surface area contributed by atoms with Crippen molar-refractivity contribution >= 4 is 28.0 Å². The van der Waals surface area contributed by atoms with Crippen molar-refractivity contribution < 1.29 is 4.79 Å². The van der Waals surface area contributed by atoms with Gasteiger partial charge in [0, 0.05) is 25.2 Å². The Labute approximate surface area is 224 Å². The maximum absolute atomic E-state index is 13.3. The number of likely N-dealkylation sites (tertiary alicyclic amines) is 2. The highest BCUT2D eigenvalue weighted by atomic mass is 32.1. The summed E-state index contributed by atoms with van der Waals surface area (Å²) >= 11 is 1.71. The summed E-state index contributed by atoms with van der Waals surface area (Å²) in [5.74, 6) is 0.795. The fraction of sp³-hybridized carbons (Fsp3) is 0.364. The Kier molecular flexibility index (Phi) is 7.12. The molecule has 1 atom stereocenters. The molecule has 190 valence electrons. The van der Waals surface area contributed by atoms with E-state index in [4.69, 9.17) is 0 Å². The van der Waals surface area contributed by atoms with Crippen LogP contribution in [0.25, 0.3) is 10.8 Å². The second kappa shape index (κ2) is 10.8. The molecular weight excluding hydrogens is 472 g/mol. The van der Waals surface area contributed by atoms with Gasteiger partial charge in [-0.3, -0.25) is 4.79 Å². The van der Waals surface area contributed by atoms with Crippen LogP contribution < -0.4 is 0 Å². The van der Waals surface area contributed by atoms with E-state index in [1.807, 2.05) is 47.2 Å². The van der Waals surface area contributed by atoms with Gasteiger partial charge in [-0.05, 0) is 95.3 Å². The highest BCUT2D eigenvalue weighted by Gasteiger charge is 2.41. The molecule has 0 N–H and O–H groups in total. The van der Waals surface area contributed by atoms with E-state index in [9.17, 15) is 4.79 Å². The minimum absolute atomic E-state index is 0.199. The molecule has 3 heterocycles. The summed E-state index contributed by atoms with van der Waals surface area (Å²) in [4.78, 5) is 18.1. The lowest BCUT2D eigenvalue weighted by molar-refractivity contribution is 0.0781. The van der Waals surface area contributed by atoms with Crippen molar-refractivity contribution in [3.05, 3.63) is 106 Å². The molecule has 0 saturated carbocycles. The van der Waals surface area contributed by atoms with Gasteiger partial charge in [0.1, 0.15) is 0 Å². The SMILES string of the molecule is O=C(c1cccc2ccccc12)N1CC[C@H](CN2CCC3(CCc4ccccc43)CC2)C1.c1ccsc1. The van der Waals surface area contributed by atoms with Crippen LogP contribution in [0.1, 0.15) is 47.2 Å². The Morgan fingerprint density at radius 2 is 1.59 bits per heavy atom. The van der Waals surface area contributed by atoms with Gasteiger partial charge in [-0.25, -0.2) is 0 Å². The first-order valence-corrected chi connectivity index (χ1v) is 14.7. The Bertz CT molecular complexity index is 1320. The van der Waals surface area contributed by atoms with Crippen molar-refractivity contribution in [2.45, 2.75) is 37.5 Å². The minimum Gasteiger partial charge on any atom is -0.338 e. The Hall–Kier alpha value is -2.95. The fourth-order valence-corrected chi connectivity index (χ4v) is 7.24. The third-order valence-corrected chi connectivity index (χ3v) is 9.44. The van der Waals surface area contributed by atoms with Crippen molar-refractivity contribution in [3.8, 4) is 0 Å². The Balaban J connectivity index is 0.000000453. The lowest BCUT2D eigenvalue weighted by Gasteiger charge is -2.41. The van der Waals surface area contributed by atoms with Gasteiger partial charge < -0.3 is 9.80 Å². The molecule has 4 aromatic rings. The molecule has 2 saturated heterocycles. The van der Waals surface area contributed by atoms with Crippen LogP contribution in [0.15, 0.2) is 89.6 Å². The van der Waals surface area contributed by atoms with E-state index in [2.05, 4.69) is 52.3 Å². The zero-order valence-electron chi connectivity index (χ0n) is 21.5. The van der Waals surface area contributed by atoms with Crippen LogP contribution in [-0.2, 0) is 11.8 Å². The molecule has 7 rings (SSSR count). The van der Waals surface area contributed by atoms with E-state index >= 15 is 0 Å². The van der Waals surface area contributed by atoms with Crippen molar-refractivity contribution in [1.29, 1.82) is 0 Å². The molecule has 1 aliphatic carbocycles. The molecule has 2 aliphatic heterocycles. The number of thiophene rings is 1. The second-order valence-corrected chi connectivity index (χ2v) is 11.8. The number of nitrogens with zero attached hydrogens (tertiary/aromatic N) is 2. The molecule has 4 heteroatoms. The van der Waals surface area contributed by atoms with E-state index in [-0.39, 0.29) is 5.91 Å². The summed E-state index contributed by atoms with van der Waals surface area (Å²) in [6.07, 6.45) is 6.28. The number of amides is 1. The number of fused-ring (bicyclic) bond motifs is 3. The molecule has 2 fully saturated rings. The number of rotatable bonds is 3. The number of carbonyl (C=O) groups excluding carboxylic acids is 1. The normalized spacial score (nSPS) is 20.5. The second-order valence-electron chi connectivity index (χ2n) is 11.0. The van der Waals surface area contributed by atoms with E-state index in [1.165, 1.54) is 38.8 Å². The summed E-state index contributed by atoms with van der Waals surface area (Å²) in [5, 5.41) is 6.30. The monoisotopic (exact) mass is 508 g/mol. The number of aryl methyl sites for hydroxylation is 1. The highest BCUT2D eigenvalue weighted by Crippen LogP contribution is 2.46. The van der Waals surface area contributed by atoms with Crippen molar-refractivity contribution in [2.24, 2.45) is 5.92 Å². The summed E-state index contributed by atoms with van der Waals surface area (Å²) in [6, 6.07) is 27.5. The standard InChI is InChI=1S/C29H32N2O.C4H4S/c32-28(26-10-5-8-23-6-1-3-9-25(23)26)31-17-13-22(21-31)20-30-18-15-29(16-19-30)14-12-24-7-2-4-11-27(24)29;1-2-4-5-3-1/h1-11,22H,12-21H2;1-4H/t22-;/m1./s1. The smallest absolute Gasteiger partial charge is 0.254 e. The molecule has 0 radical (unpaired) electrons. The summed E-state index contributed by atoms with van der Waals surface area (Å²) in [6.45, 7) is 5.31. The number of hydrogen-bond acceptors (Lipinski definition) is 3. The molecular formula is C33H36N2OS. The fourth-order valence-electron chi connectivity index (χ4n) is 6.79. The van der Waals surface area contributed by atoms with Crippen LogP contribution >= 0.6 is 11.3 Å². The predicted octanol–water partition coefficient (Wildman–Crippen LogP) is 7.03. The third-order valence-electron chi connectivity index (χ3n) is 8.81. The maximum atomic E-state index is 13.3. The first kappa shape index (κ1) is 24.4. The predicted molar refractivity (Wildman–Crippen MR) is 154 cm³/mol. The molecule has 1 amide bonds. The van der Waals surface area contributed by atoms with Gasteiger partial charge in [0.15, 0.2) is 0 Å². The zero-order valence-corrected chi connectivity index (χ0v) is 22.3. The highest BCUT2D eigenvalue weighted by molar-refractivity contribution is 7.07. The van der Waals surface area contributed by atoms with Gasteiger partial charge >= 0.3 is 0 Å². The largest absolute Gasteiger partial charge is 0.338 e. The van der Waals surface area contributed by atoms with E-state index < -0.39 is 0 Å². The Morgan fingerprint density at radius 1 is 0.838 bits per heavy atom. The van der Waals surface area contributed by atoms with Crippen LogP contribution in [0, 0.1) is 5.92 Å². The van der Waals surface area contributed by atoms with Crippen LogP contribution in [0.2, 0.25) is 0 Å². The number of piperidine rings is 1. The average molecular weight is 509 g/mol. The lowest BCUT2D eigenvalue weighted by atomic mass is 9.74. The quantitative estimate of drug-likeness (QED) is 0.297. The van der Waals surface area contributed by atoms with Crippen LogP contribution in [0.4, 0.5) is 0 Å². The van der Waals surface area contributed by atoms with Gasteiger partial charge in [0.25, 0.3) is 5.91 Å². The third kappa shape index (κ3) is 5.10. The summed E-state index contributed by atoms with van der Waals surface area (Å²) in [7, 11) is 0. The first-order chi connectivity index (χ1) is 18.2. The van der Waals surface area contributed by atoms with E-state index in [1.54, 1.807) is 22.5 Å². The van der Waals surface area contributed by atoms with Crippen molar-refractivity contribution in [1.82, 2.24) is 9.80 Å². The van der Waals surface area contributed by atoms with Gasteiger partial charge in [-0.2, -0.15) is 11.3 Å². The maximum Gasteiger partial charge on any atom is 0.254 e. The first-order valence-electron chi connectivity index (χ1n) is 13.8. The Morgan fingerprint density at radius 3 is 2.41 bits per heavy atom. The molecule has 3 aromatic carbocycles. The van der Waals surface area contributed by atoms with Gasteiger partial charge in [-0.1, -0.05) is 72.8 Å². The molecule has 3 nitrogen and oxygen atoms in total. The van der Waals surface area contributed by atoms with Crippen LogP contribution in [-0.4, -0.2) is 48.4 Å². The molecule has 1 spiro atoms. The average Bonchev–Trinajstić information content (AvgIpc) is 3.73. The van der Waals surface area contributed by atoms with Gasteiger partial charge in [0.05, 0.1) is 0 Å². The van der Waals surface area contributed by atoms with E-state index in [0.29, 0.717) is 11.3 Å².